The first kappa shape index (κ1) is 19.4. The summed E-state index contributed by atoms with van der Waals surface area (Å²) in [6.45, 7) is 15.3. The van der Waals surface area contributed by atoms with Crippen molar-refractivity contribution >= 4 is 11.5 Å². The summed E-state index contributed by atoms with van der Waals surface area (Å²) in [6.07, 6.45) is 7.17. The molecule has 0 unspecified atom stereocenters. The zero-order valence-corrected chi connectivity index (χ0v) is 17.6. The third kappa shape index (κ3) is 3.58. The average Bonchev–Trinajstić information content (AvgIpc) is 3.00. The molecule has 0 aliphatic rings. The van der Waals surface area contributed by atoms with Crippen molar-refractivity contribution in [1.29, 1.82) is 0 Å². The second-order valence-corrected chi connectivity index (χ2v) is 7.47. The van der Waals surface area contributed by atoms with Crippen LogP contribution in [0.15, 0.2) is 24.5 Å². The van der Waals surface area contributed by atoms with Crippen LogP contribution < -0.4 is 4.90 Å². The first-order valence-electron chi connectivity index (χ1n) is 10.2. The largest absolute Gasteiger partial charge is 0.356 e. The Kier molecular flexibility index (Phi) is 5.83. The lowest BCUT2D eigenvalue weighted by Crippen LogP contribution is -2.27. The summed E-state index contributed by atoms with van der Waals surface area (Å²) >= 11 is 0. The number of benzene rings is 1. The molecule has 0 aliphatic carbocycles. The van der Waals surface area contributed by atoms with E-state index in [2.05, 4.69) is 69.2 Å². The maximum Gasteiger partial charge on any atom is 0.165 e. The molecule has 0 fully saturated rings. The Labute approximate surface area is 163 Å². The van der Waals surface area contributed by atoms with Gasteiger partial charge >= 0.3 is 0 Å². The average molecular weight is 365 g/mol. The monoisotopic (exact) mass is 364 g/mol. The quantitative estimate of drug-likeness (QED) is 0.554. The van der Waals surface area contributed by atoms with Crippen molar-refractivity contribution < 1.29 is 0 Å². The topological polar surface area (TPSA) is 33.4 Å². The van der Waals surface area contributed by atoms with Crippen LogP contribution in [0.25, 0.3) is 16.9 Å². The first-order valence-corrected chi connectivity index (χ1v) is 10.2. The maximum atomic E-state index is 5.06. The van der Waals surface area contributed by atoms with Crippen LogP contribution in [0.3, 0.4) is 0 Å². The standard InChI is InChI=1S/C23H32N4/c1-7-11-26(12-8-2)23-19(9-3)25-22-21(24-10-13-27(22)23)20-17(5)14-16(4)15-18(20)6/h10,13-15H,7-9,11-12H2,1-6H3. The van der Waals surface area contributed by atoms with Gasteiger partial charge in [0.15, 0.2) is 5.65 Å². The molecule has 3 aromatic rings. The number of imidazole rings is 1. The molecular weight excluding hydrogens is 332 g/mol. The van der Waals surface area contributed by atoms with E-state index < -0.39 is 0 Å². The number of nitrogens with zero attached hydrogens (tertiary/aromatic N) is 4. The Morgan fingerprint density at radius 3 is 2.15 bits per heavy atom. The van der Waals surface area contributed by atoms with Gasteiger partial charge in [-0.1, -0.05) is 38.5 Å². The van der Waals surface area contributed by atoms with Crippen LogP contribution >= 0.6 is 0 Å². The summed E-state index contributed by atoms with van der Waals surface area (Å²) in [4.78, 5) is 12.3. The summed E-state index contributed by atoms with van der Waals surface area (Å²) in [7, 11) is 0. The smallest absolute Gasteiger partial charge is 0.165 e. The molecule has 1 aromatic carbocycles. The van der Waals surface area contributed by atoms with Crippen molar-refractivity contribution in [1.82, 2.24) is 14.4 Å². The molecule has 0 bridgehead atoms. The molecule has 3 rings (SSSR count). The van der Waals surface area contributed by atoms with Gasteiger partial charge in [0, 0.05) is 31.0 Å². The molecule has 4 heteroatoms. The van der Waals surface area contributed by atoms with E-state index in [0.717, 1.165) is 49.4 Å². The summed E-state index contributed by atoms with van der Waals surface area (Å²) < 4.78 is 2.26. The normalized spacial score (nSPS) is 11.3. The number of rotatable bonds is 7. The van der Waals surface area contributed by atoms with Gasteiger partial charge < -0.3 is 4.90 Å². The highest BCUT2D eigenvalue weighted by atomic mass is 15.3. The van der Waals surface area contributed by atoms with E-state index in [1.165, 1.54) is 28.1 Å². The fraction of sp³-hybridized carbons (Fsp3) is 0.478. The molecule has 0 spiro atoms. The second kappa shape index (κ2) is 8.12. The lowest BCUT2D eigenvalue weighted by molar-refractivity contribution is 0.725. The lowest BCUT2D eigenvalue weighted by Gasteiger charge is -2.24. The maximum absolute atomic E-state index is 5.06. The van der Waals surface area contributed by atoms with Gasteiger partial charge in [-0.25, -0.2) is 4.98 Å². The summed E-state index contributed by atoms with van der Waals surface area (Å²) in [6, 6.07) is 4.47. The molecule has 0 N–H and O–H groups in total. The third-order valence-electron chi connectivity index (χ3n) is 5.12. The van der Waals surface area contributed by atoms with E-state index in [1.54, 1.807) is 0 Å². The molecular formula is C23H32N4. The molecule has 2 aromatic heterocycles. The summed E-state index contributed by atoms with van der Waals surface area (Å²) in [5.41, 5.74) is 8.13. The molecule has 2 heterocycles. The Bertz CT molecular complexity index is 910. The zero-order chi connectivity index (χ0) is 19.6. The fourth-order valence-electron chi connectivity index (χ4n) is 4.18. The number of anilines is 1. The van der Waals surface area contributed by atoms with Crippen LogP contribution in [-0.4, -0.2) is 27.5 Å². The van der Waals surface area contributed by atoms with Crippen molar-refractivity contribution in [2.75, 3.05) is 18.0 Å². The highest BCUT2D eigenvalue weighted by Crippen LogP contribution is 2.33. The lowest BCUT2D eigenvalue weighted by atomic mass is 9.97. The van der Waals surface area contributed by atoms with Crippen LogP contribution in [-0.2, 0) is 6.42 Å². The third-order valence-corrected chi connectivity index (χ3v) is 5.12. The Morgan fingerprint density at radius 1 is 0.963 bits per heavy atom. The minimum Gasteiger partial charge on any atom is -0.356 e. The minimum absolute atomic E-state index is 0.923. The van der Waals surface area contributed by atoms with Crippen LogP contribution in [0.1, 0.15) is 56.0 Å². The highest BCUT2D eigenvalue weighted by Gasteiger charge is 2.21. The van der Waals surface area contributed by atoms with E-state index in [1.807, 2.05) is 6.20 Å². The van der Waals surface area contributed by atoms with Crippen molar-refractivity contribution in [3.8, 4) is 11.3 Å². The van der Waals surface area contributed by atoms with E-state index in [9.17, 15) is 0 Å². The van der Waals surface area contributed by atoms with Crippen LogP contribution in [0.5, 0.6) is 0 Å². The molecule has 27 heavy (non-hydrogen) atoms. The Morgan fingerprint density at radius 2 is 1.59 bits per heavy atom. The van der Waals surface area contributed by atoms with Gasteiger partial charge in [0.2, 0.25) is 0 Å². The predicted octanol–water partition coefficient (Wildman–Crippen LogP) is 5.51. The van der Waals surface area contributed by atoms with Gasteiger partial charge in [-0.05, 0) is 51.2 Å². The van der Waals surface area contributed by atoms with Crippen molar-refractivity contribution in [2.45, 2.75) is 60.8 Å². The SMILES string of the molecule is CCCN(CCC)c1c(CC)nc2c(-c3c(C)cc(C)cc3C)nccn12. The molecule has 144 valence electrons. The van der Waals surface area contributed by atoms with Gasteiger partial charge in [-0.15, -0.1) is 0 Å². The Balaban J connectivity index is 2.27. The van der Waals surface area contributed by atoms with Crippen LogP contribution in [0.4, 0.5) is 5.82 Å². The Hall–Kier alpha value is -2.36. The zero-order valence-electron chi connectivity index (χ0n) is 17.6. The number of hydrogen-bond acceptors (Lipinski definition) is 3. The fourth-order valence-corrected chi connectivity index (χ4v) is 4.18. The first-order chi connectivity index (χ1) is 13.0. The summed E-state index contributed by atoms with van der Waals surface area (Å²) in [5.74, 6) is 1.24. The van der Waals surface area contributed by atoms with E-state index in [4.69, 9.17) is 9.97 Å². The highest BCUT2D eigenvalue weighted by molar-refractivity contribution is 5.80. The minimum atomic E-state index is 0.923. The van der Waals surface area contributed by atoms with Crippen LogP contribution in [0, 0.1) is 20.8 Å². The van der Waals surface area contributed by atoms with Crippen LogP contribution in [0.2, 0.25) is 0 Å². The number of aromatic nitrogens is 3. The predicted molar refractivity (Wildman–Crippen MR) is 115 cm³/mol. The van der Waals surface area contributed by atoms with Gasteiger partial charge in [0.1, 0.15) is 11.5 Å². The van der Waals surface area contributed by atoms with E-state index in [-0.39, 0.29) is 0 Å². The van der Waals surface area contributed by atoms with E-state index >= 15 is 0 Å². The van der Waals surface area contributed by atoms with Gasteiger partial charge in [0.05, 0.1) is 5.69 Å². The molecule has 0 saturated heterocycles. The van der Waals surface area contributed by atoms with E-state index in [0.29, 0.717) is 0 Å². The summed E-state index contributed by atoms with van der Waals surface area (Å²) in [5, 5.41) is 0. The number of aryl methyl sites for hydroxylation is 4. The van der Waals surface area contributed by atoms with Crippen molar-refractivity contribution in [3.05, 3.63) is 46.9 Å². The second-order valence-electron chi connectivity index (χ2n) is 7.47. The molecule has 0 atom stereocenters. The number of hydrogen-bond donors (Lipinski definition) is 0. The molecule has 0 radical (unpaired) electrons. The molecule has 0 saturated carbocycles. The van der Waals surface area contributed by atoms with Gasteiger partial charge in [0.25, 0.3) is 0 Å². The molecule has 0 amide bonds. The van der Waals surface area contributed by atoms with Gasteiger partial charge in [-0.2, -0.15) is 0 Å². The molecule has 4 nitrogen and oxygen atoms in total. The van der Waals surface area contributed by atoms with Gasteiger partial charge in [-0.3, -0.25) is 9.38 Å². The van der Waals surface area contributed by atoms with Crippen molar-refractivity contribution in [2.24, 2.45) is 0 Å². The molecule has 0 aliphatic heterocycles. The number of fused-ring (bicyclic) bond motifs is 1. The van der Waals surface area contributed by atoms with Crippen molar-refractivity contribution in [3.63, 3.8) is 0 Å².